The molecule has 23 heavy (non-hydrogen) atoms. The summed E-state index contributed by atoms with van der Waals surface area (Å²) in [6.07, 6.45) is 0. The fraction of sp³-hybridized carbons (Fsp3) is 0.111. The largest absolute Gasteiger partial charge is 0.496 e. The van der Waals surface area contributed by atoms with Crippen LogP contribution in [0, 0.1) is 6.92 Å². The maximum Gasteiger partial charge on any atom is 0.252 e. The van der Waals surface area contributed by atoms with E-state index < -0.39 is 5.91 Å². The molecule has 0 saturated heterocycles. The van der Waals surface area contributed by atoms with Gasteiger partial charge in [0, 0.05) is 5.56 Å². The van der Waals surface area contributed by atoms with E-state index in [1.807, 2.05) is 43.3 Å². The van der Waals surface area contributed by atoms with Crippen LogP contribution in [0.15, 0.2) is 53.1 Å². The summed E-state index contributed by atoms with van der Waals surface area (Å²) in [5.41, 5.74) is 9.07. The molecule has 0 spiro atoms. The Bertz CT molecular complexity index is 854. The van der Waals surface area contributed by atoms with E-state index in [0.29, 0.717) is 17.1 Å². The number of amides is 1. The van der Waals surface area contributed by atoms with Gasteiger partial charge >= 0.3 is 0 Å². The van der Waals surface area contributed by atoms with Crippen LogP contribution < -0.4 is 10.5 Å². The number of nitrogens with two attached hydrogens (primary N) is 1. The number of ether oxygens (including phenoxy) is 1. The van der Waals surface area contributed by atoms with Gasteiger partial charge in [-0.3, -0.25) is 4.79 Å². The highest BCUT2D eigenvalue weighted by Crippen LogP contribution is 2.36. The molecule has 0 atom stereocenters. The molecule has 0 aliphatic heterocycles. The molecule has 3 aromatic rings. The van der Waals surface area contributed by atoms with Crippen molar-refractivity contribution < 1.29 is 14.1 Å². The standard InChI is InChI=1S/C18H16N2O3/c1-11-16(17(20-23-11)12-6-4-3-5-7-12)13-8-9-15(22-2)14(10-13)18(19)21/h3-10H,1-2H3,(H2,19,21). The molecule has 2 aromatic carbocycles. The molecule has 0 bridgehead atoms. The fourth-order valence-corrected chi connectivity index (χ4v) is 2.56. The van der Waals surface area contributed by atoms with E-state index in [-0.39, 0.29) is 0 Å². The molecule has 1 amide bonds. The highest BCUT2D eigenvalue weighted by molar-refractivity contribution is 5.97. The van der Waals surface area contributed by atoms with Gasteiger partial charge in [-0.2, -0.15) is 0 Å². The maximum atomic E-state index is 11.6. The number of methoxy groups -OCH3 is 1. The van der Waals surface area contributed by atoms with Crippen molar-refractivity contribution in [3.05, 3.63) is 59.9 Å². The average Bonchev–Trinajstić information content (AvgIpc) is 2.96. The molecule has 0 saturated carbocycles. The Hall–Kier alpha value is -3.08. The van der Waals surface area contributed by atoms with Crippen LogP contribution in [0.2, 0.25) is 0 Å². The predicted octanol–water partition coefficient (Wildman–Crippen LogP) is 3.42. The molecular weight excluding hydrogens is 292 g/mol. The number of hydrogen-bond donors (Lipinski definition) is 1. The molecule has 0 radical (unpaired) electrons. The zero-order chi connectivity index (χ0) is 16.4. The van der Waals surface area contributed by atoms with Crippen molar-refractivity contribution in [3.8, 4) is 28.1 Å². The number of aryl methyl sites for hydroxylation is 1. The predicted molar refractivity (Wildman–Crippen MR) is 87.2 cm³/mol. The van der Waals surface area contributed by atoms with Crippen molar-refractivity contribution in [1.82, 2.24) is 5.16 Å². The minimum atomic E-state index is -0.543. The first-order valence-electron chi connectivity index (χ1n) is 7.11. The quantitative estimate of drug-likeness (QED) is 0.801. The second-order valence-corrected chi connectivity index (χ2v) is 5.11. The van der Waals surface area contributed by atoms with Gasteiger partial charge in [-0.1, -0.05) is 41.6 Å². The summed E-state index contributed by atoms with van der Waals surface area (Å²) in [6.45, 7) is 1.84. The van der Waals surface area contributed by atoms with Crippen molar-refractivity contribution in [2.75, 3.05) is 7.11 Å². The second kappa shape index (κ2) is 5.96. The van der Waals surface area contributed by atoms with E-state index in [1.54, 1.807) is 12.1 Å². The van der Waals surface area contributed by atoms with Crippen molar-refractivity contribution in [2.24, 2.45) is 5.73 Å². The van der Waals surface area contributed by atoms with Crippen molar-refractivity contribution in [2.45, 2.75) is 6.92 Å². The molecule has 1 aromatic heterocycles. The number of benzene rings is 2. The molecule has 0 unspecified atom stereocenters. The van der Waals surface area contributed by atoms with Crippen molar-refractivity contribution in [3.63, 3.8) is 0 Å². The summed E-state index contributed by atoms with van der Waals surface area (Å²) in [5, 5.41) is 4.16. The first-order valence-corrected chi connectivity index (χ1v) is 7.11. The number of nitrogens with zero attached hydrogens (tertiary/aromatic N) is 1. The van der Waals surface area contributed by atoms with Crippen LogP contribution in [-0.2, 0) is 0 Å². The molecule has 0 aliphatic carbocycles. The number of rotatable bonds is 4. The molecule has 5 nitrogen and oxygen atoms in total. The maximum absolute atomic E-state index is 11.6. The number of primary amides is 1. The molecule has 0 fully saturated rings. The van der Waals surface area contributed by atoms with Gasteiger partial charge in [0.15, 0.2) is 0 Å². The smallest absolute Gasteiger partial charge is 0.252 e. The molecule has 2 N–H and O–H groups in total. The van der Waals surface area contributed by atoms with Crippen LogP contribution >= 0.6 is 0 Å². The Morgan fingerprint density at radius 1 is 1.13 bits per heavy atom. The Labute approximate surface area is 133 Å². The molecule has 0 aliphatic rings. The Kier molecular flexibility index (Phi) is 3.85. The summed E-state index contributed by atoms with van der Waals surface area (Å²) >= 11 is 0. The molecule has 5 heteroatoms. The summed E-state index contributed by atoms with van der Waals surface area (Å²) in [7, 11) is 1.50. The minimum Gasteiger partial charge on any atom is -0.496 e. The Morgan fingerprint density at radius 2 is 1.87 bits per heavy atom. The minimum absolute atomic E-state index is 0.324. The summed E-state index contributed by atoms with van der Waals surface area (Å²) < 4.78 is 10.5. The lowest BCUT2D eigenvalue weighted by Crippen LogP contribution is -2.12. The van der Waals surface area contributed by atoms with Gasteiger partial charge < -0.3 is 15.0 Å². The van der Waals surface area contributed by atoms with Crippen LogP contribution in [0.5, 0.6) is 5.75 Å². The third kappa shape index (κ3) is 2.68. The molecule has 116 valence electrons. The van der Waals surface area contributed by atoms with E-state index in [1.165, 1.54) is 7.11 Å². The SMILES string of the molecule is COc1ccc(-c2c(-c3ccccc3)noc2C)cc1C(N)=O. The van der Waals surface area contributed by atoms with Gasteiger partial charge in [-0.05, 0) is 24.6 Å². The number of hydrogen-bond acceptors (Lipinski definition) is 4. The number of carbonyl (C=O) groups is 1. The average molecular weight is 308 g/mol. The van der Waals surface area contributed by atoms with Crippen LogP contribution in [0.25, 0.3) is 22.4 Å². The third-order valence-corrected chi connectivity index (χ3v) is 3.66. The highest BCUT2D eigenvalue weighted by atomic mass is 16.5. The zero-order valence-electron chi connectivity index (χ0n) is 12.9. The normalized spacial score (nSPS) is 10.5. The van der Waals surface area contributed by atoms with E-state index in [4.69, 9.17) is 15.0 Å². The Morgan fingerprint density at radius 3 is 2.52 bits per heavy atom. The fourth-order valence-electron chi connectivity index (χ4n) is 2.56. The lowest BCUT2D eigenvalue weighted by atomic mass is 9.97. The molecular formula is C18H16N2O3. The van der Waals surface area contributed by atoms with E-state index in [2.05, 4.69) is 5.16 Å². The molecule has 3 rings (SSSR count). The first-order chi connectivity index (χ1) is 11.1. The summed E-state index contributed by atoms with van der Waals surface area (Å²) in [6, 6.07) is 15.0. The van der Waals surface area contributed by atoms with Gasteiger partial charge in [-0.15, -0.1) is 0 Å². The van der Waals surface area contributed by atoms with Crippen molar-refractivity contribution in [1.29, 1.82) is 0 Å². The van der Waals surface area contributed by atoms with E-state index >= 15 is 0 Å². The van der Waals surface area contributed by atoms with Crippen LogP contribution in [-0.4, -0.2) is 18.2 Å². The second-order valence-electron chi connectivity index (χ2n) is 5.11. The summed E-state index contributed by atoms with van der Waals surface area (Å²) in [5.74, 6) is 0.570. The molecule has 1 heterocycles. The lowest BCUT2D eigenvalue weighted by Gasteiger charge is -2.09. The summed E-state index contributed by atoms with van der Waals surface area (Å²) in [4.78, 5) is 11.6. The number of carbonyl (C=O) groups excluding carboxylic acids is 1. The lowest BCUT2D eigenvalue weighted by molar-refractivity contribution is 0.0997. The van der Waals surface area contributed by atoms with Crippen molar-refractivity contribution >= 4 is 5.91 Å². The van der Waals surface area contributed by atoms with Crippen LogP contribution in [0.3, 0.4) is 0 Å². The van der Waals surface area contributed by atoms with Gasteiger partial charge in [-0.25, -0.2) is 0 Å². The zero-order valence-corrected chi connectivity index (χ0v) is 12.9. The highest BCUT2D eigenvalue weighted by Gasteiger charge is 2.19. The van der Waals surface area contributed by atoms with Gasteiger partial charge in [0.1, 0.15) is 17.2 Å². The number of aromatic nitrogens is 1. The van der Waals surface area contributed by atoms with E-state index in [0.717, 1.165) is 22.4 Å². The van der Waals surface area contributed by atoms with E-state index in [9.17, 15) is 4.79 Å². The van der Waals surface area contributed by atoms with Gasteiger partial charge in [0.2, 0.25) is 0 Å². The Balaban J connectivity index is 2.18. The third-order valence-electron chi connectivity index (χ3n) is 3.66. The topological polar surface area (TPSA) is 78.3 Å². The van der Waals surface area contributed by atoms with Crippen LogP contribution in [0.4, 0.5) is 0 Å². The van der Waals surface area contributed by atoms with Gasteiger partial charge in [0.05, 0.1) is 18.2 Å². The van der Waals surface area contributed by atoms with Crippen LogP contribution in [0.1, 0.15) is 16.1 Å². The monoisotopic (exact) mass is 308 g/mol. The first kappa shape index (κ1) is 14.8. The van der Waals surface area contributed by atoms with Gasteiger partial charge in [0.25, 0.3) is 5.91 Å².